The number of halogens is 1. The molecule has 1 N–H and O–H groups in total. The van der Waals surface area contributed by atoms with Crippen molar-refractivity contribution in [3.8, 4) is 0 Å². The van der Waals surface area contributed by atoms with Crippen molar-refractivity contribution >= 4 is 44.5 Å². The summed E-state index contributed by atoms with van der Waals surface area (Å²) in [5.41, 5.74) is 4.51. The summed E-state index contributed by atoms with van der Waals surface area (Å²) < 4.78 is 28.8. The second kappa shape index (κ2) is 8.89. The van der Waals surface area contributed by atoms with Crippen molar-refractivity contribution in [1.29, 1.82) is 0 Å². The first-order chi connectivity index (χ1) is 15.7. The van der Waals surface area contributed by atoms with Crippen molar-refractivity contribution in [1.82, 2.24) is 0 Å². The summed E-state index contributed by atoms with van der Waals surface area (Å²) in [6.45, 7) is 7.61. The van der Waals surface area contributed by atoms with E-state index in [1.165, 1.54) is 10.4 Å². The lowest BCUT2D eigenvalue weighted by molar-refractivity contribution is -0.112. The van der Waals surface area contributed by atoms with E-state index in [4.69, 9.17) is 11.6 Å². The van der Waals surface area contributed by atoms with Crippen LogP contribution in [0, 0.1) is 13.8 Å². The molecule has 168 valence electrons. The highest BCUT2D eigenvalue weighted by atomic mass is 35.5. The minimum Gasteiger partial charge on any atom is -0.321 e. The monoisotopic (exact) mass is 478 g/mol. The molecule has 0 saturated heterocycles. The van der Waals surface area contributed by atoms with E-state index in [0.717, 1.165) is 11.1 Å². The molecule has 1 heterocycles. The molecule has 0 unspecified atom stereocenters. The second-order valence-corrected chi connectivity index (χ2v) is 10.0. The van der Waals surface area contributed by atoms with E-state index in [0.29, 0.717) is 33.1 Å². The third-order valence-corrected chi connectivity index (χ3v) is 7.67. The highest BCUT2D eigenvalue weighted by Crippen LogP contribution is 2.44. The van der Waals surface area contributed by atoms with Gasteiger partial charge in [0.05, 0.1) is 12.2 Å². The predicted octanol–water partition coefficient (Wildman–Crippen LogP) is 5.69. The van der Waals surface area contributed by atoms with E-state index in [9.17, 15) is 13.2 Å². The lowest BCUT2D eigenvalue weighted by atomic mass is 9.95. The van der Waals surface area contributed by atoms with Crippen molar-refractivity contribution < 1.29 is 13.2 Å². The molecule has 0 saturated carbocycles. The normalized spacial score (nSPS) is 14.6. The van der Waals surface area contributed by atoms with Gasteiger partial charge in [0.15, 0.2) is 4.91 Å². The Kier molecular flexibility index (Phi) is 6.15. The summed E-state index contributed by atoms with van der Waals surface area (Å²) in [5.74, 6) is -0.711. The first-order valence-electron chi connectivity index (χ1n) is 10.4. The Bertz CT molecular complexity index is 1400. The fourth-order valence-electron chi connectivity index (χ4n) is 3.86. The lowest BCUT2D eigenvalue weighted by Gasteiger charge is -2.33. The summed E-state index contributed by atoms with van der Waals surface area (Å²) in [4.78, 5) is 13.2. The van der Waals surface area contributed by atoms with Crippen LogP contribution in [-0.4, -0.2) is 20.9 Å². The fraction of sp³-hybridized carbons (Fsp3) is 0.115. The number of nitrogens with zero attached hydrogens (tertiary/aromatic N) is 1. The van der Waals surface area contributed by atoms with E-state index in [-0.39, 0.29) is 11.4 Å². The van der Waals surface area contributed by atoms with Gasteiger partial charge in [-0.1, -0.05) is 54.1 Å². The molecule has 1 amide bonds. The van der Waals surface area contributed by atoms with Gasteiger partial charge < -0.3 is 5.32 Å². The maximum atomic E-state index is 13.8. The summed E-state index contributed by atoms with van der Waals surface area (Å²) in [7, 11) is -4.20. The highest BCUT2D eigenvalue weighted by Gasteiger charge is 2.41. The van der Waals surface area contributed by atoms with Gasteiger partial charge in [-0.25, -0.2) is 8.42 Å². The topological polar surface area (TPSA) is 66.5 Å². The largest absolute Gasteiger partial charge is 0.321 e. The van der Waals surface area contributed by atoms with E-state index in [2.05, 4.69) is 11.9 Å². The molecule has 0 bridgehead atoms. The number of amides is 1. The van der Waals surface area contributed by atoms with E-state index >= 15 is 0 Å². The zero-order chi connectivity index (χ0) is 23.8. The number of hydrogen-bond donors (Lipinski definition) is 1. The fourth-order valence-corrected chi connectivity index (χ4v) is 5.74. The molecule has 3 aromatic carbocycles. The number of hydrogen-bond acceptors (Lipinski definition) is 3. The first kappa shape index (κ1) is 22.8. The van der Waals surface area contributed by atoms with Gasteiger partial charge in [0.1, 0.15) is 0 Å². The molecule has 0 aromatic heterocycles. The van der Waals surface area contributed by atoms with E-state index in [1.54, 1.807) is 48.5 Å². The van der Waals surface area contributed by atoms with Crippen LogP contribution >= 0.6 is 11.6 Å². The van der Waals surface area contributed by atoms with Crippen molar-refractivity contribution in [2.24, 2.45) is 0 Å². The standard InChI is InChI=1S/C26H23ClN2O3S/c1-4-14-29-23-13-11-20(27)16-22(23)24(19-8-6-5-7-9-19)25(33(29,31)32)26(30)28-21-12-10-17(2)18(3)15-21/h4-13,15-16H,1,14H2,2-3H3,(H,28,30). The number of nitrogens with one attached hydrogen (secondary N) is 1. The van der Waals surface area contributed by atoms with Crippen LogP contribution in [0.2, 0.25) is 5.02 Å². The summed E-state index contributed by atoms with van der Waals surface area (Å²) in [6.07, 6.45) is 1.49. The number of carbonyl (C=O) groups is 1. The maximum absolute atomic E-state index is 13.8. The number of aryl methyl sites for hydroxylation is 2. The summed E-state index contributed by atoms with van der Waals surface area (Å²) >= 11 is 6.30. The minimum atomic E-state index is -4.20. The van der Waals surface area contributed by atoms with Crippen LogP contribution in [0.4, 0.5) is 11.4 Å². The van der Waals surface area contributed by atoms with Crippen molar-refractivity contribution in [3.63, 3.8) is 0 Å². The lowest BCUT2D eigenvalue weighted by Crippen LogP contribution is -2.39. The molecule has 0 radical (unpaired) electrons. The Morgan fingerprint density at radius 1 is 1.03 bits per heavy atom. The molecular weight excluding hydrogens is 456 g/mol. The Morgan fingerprint density at radius 2 is 1.76 bits per heavy atom. The zero-order valence-electron chi connectivity index (χ0n) is 18.3. The van der Waals surface area contributed by atoms with Gasteiger partial charge in [-0.3, -0.25) is 9.10 Å². The molecule has 3 aromatic rings. The molecule has 0 fully saturated rings. The molecule has 1 aliphatic heterocycles. The van der Waals surface area contributed by atoms with Crippen molar-refractivity contribution in [2.45, 2.75) is 13.8 Å². The molecule has 5 nitrogen and oxygen atoms in total. The van der Waals surface area contributed by atoms with Crippen LogP contribution in [0.25, 0.3) is 5.57 Å². The molecule has 4 rings (SSSR count). The van der Waals surface area contributed by atoms with Crippen LogP contribution in [-0.2, 0) is 14.8 Å². The number of fused-ring (bicyclic) bond motifs is 1. The van der Waals surface area contributed by atoms with Crippen molar-refractivity contribution in [2.75, 3.05) is 16.2 Å². The molecule has 0 aliphatic carbocycles. The van der Waals surface area contributed by atoms with Gasteiger partial charge >= 0.3 is 0 Å². The molecule has 33 heavy (non-hydrogen) atoms. The Morgan fingerprint density at radius 3 is 2.42 bits per heavy atom. The Labute approximate surface area is 199 Å². The van der Waals surface area contributed by atoms with Gasteiger partial charge in [-0.15, -0.1) is 6.58 Å². The van der Waals surface area contributed by atoms with Gasteiger partial charge in [-0.05, 0) is 60.9 Å². The molecular formula is C26H23ClN2O3S. The number of anilines is 2. The SMILES string of the molecule is C=CCN1c2ccc(Cl)cc2C(c2ccccc2)=C(C(=O)Nc2ccc(C)c(C)c2)S1(=O)=O. The third-order valence-electron chi connectivity index (χ3n) is 5.60. The van der Waals surface area contributed by atoms with Crippen LogP contribution < -0.4 is 9.62 Å². The number of sulfonamides is 1. The number of carbonyl (C=O) groups excluding carboxylic acids is 1. The molecule has 7 heteroatoms. The zero-order valence-corrected chi connectivity index (χ0v) is 19.9. The van der Waals surface area contributed by atoms with Gasteiger partial charge in [0.2, 0.25) is 0 Å². The van der Waals surface area contributed by atoms with E-state index < -0.39 is 15.9 Å². The summed E-state index contributed by atoms with van der Waals surface area (Å²) in [6, 6.07) is 19.4. The van der Waals surface area contributed by atoms with Gasteiger partial charge in [0.25, 0.3) is 15.9 Å². The Hall–Kier alpha value is -3.35. The summed E-state index contributed by atoms with van der Waals surface area (Å²) in [5, 5.41) is 3.22. The number of rotatable bonds is 5. The average Bonchev–Trinajstić information content (AvgIpc) is 2.78. The molecule has 0 atom stereocenters. The average molecular weight is 479 g/mol. The Balaban J connectivity index is 1.99. The quantitative estimate of drug-likeness (QED) is 0.479. The molecule has 1 aliphatic rings. The van der Waals surface area contributed by atoms with Crippen molar-refractivity contribution in [3.05, 3.63) is 112 Å². The number of benzene rings is 3. The smallest absolute Gasteiger partial charge is 0.270 e. The second-order valence-electron chi connectivity index (χ2n) is 7.81. The molecule has 0 spiro atoms. The predicted molar refractivity (Wildman–Crippen MR) is 135 cm³/mol. The van der Waals surface area contributed by atoms with Crippen LogP contribution in [0.5, 0.6) is 0 Å². The van der Waals surface area contributed by atoms with E-state index in [1.807, 2.05) is 32.0 Å². The third kappa shape index (κ3) is 4.19. The van der Waals surface area contributed by atoms with Gasteiger partial charge in [-0.2, -0.15) is 0 Å². The van der Waals surface area contributed by atoms with Crippen LogP contribution in [0.3, 0.4) is 0 Å². The van der Waals surface area contributed by atoms with Crippen LogP contribution in [0.1, 0.15) is 22.3 Å². The maximum Gasteiger partial charge on any atom is 0.270 e. The minimum absolute atomic E-state index is 0.0133. The first-order valence-corrected chi connectivity index (χ1v) is 12.2. The van der Waals surface area contributed by atoms with Crippen LogP contribution in [0.15, 0.2) is 84.3 Å². The van der Waals surface area contributed by atoms with Gasteiger partial charge in [0, 0.05) is 21.8 Å². The highest BCUT2D eigenvalue weighted by molar-refractivity contribution is 7.97.